The fourth-order valence-electron chi connectivity index (χ4n) is 2.21. The van der Waals surface area contributed by atoms with Crippen LogP contribution in [0.3, 0.4) is 0 Å². The number of hydrogen-bond donors (Lipinski definition) is 1. The Morgan fingerprint density at radius 3 is 2.89 bits per heavy atom. The minimum Gasteiger partial charge on any atom is -0.456 e. The molecule has 18 heavy (non-hydrogen) atoms. The summed E-state index contributed by atoms with van der Waals surface area (Å²) in [6.45, 7) is 0. The van der Waals surface area contributed by atoms with Crippen LogP contribution in [0.2, 0.25) is 0 Å². The van der Waals surface area contributed by atoms with E-state index < -0.39 is 0 Å². The topological polar surface area (TPSA) is 41.8 Å². The Hall–Kier alpha value is -2.55. The van der Waals surface area contributed by atoms with E-state index >= 15 is 0 Å². The first-order valence-electron chi connectivity index (χ1n) is 5.82. The summed E-state index contributed by atoms with van der Waals surface area (Å²) < 4.78 is 5.84. The summed E-state index contributed by atoms with van der Waals surface area (Å²) in [7, 11) is 0. The molecule has 3 heteroatoms. The molecule has 86 valence electrons. The van der Waals surface area contributed by atoms with E-state index in [1.165, 1.54) is 0 Å². The number of nitrogens with one attached hydrogen (secondary N) is 1. The van der Waals surface area contributed by atoms with E-state index in [4.69, 9.17) is 4.42 Å². The third-order valence-corrected chi connectivity index (χ3v) is 3.13. The van der Waals surface area contributed by atoms with Crippen LogP contribution in [0.4, 0.5) is 0 Å². The van der Waals surface area contributed by atoms with Gasteiger partial charge in [-0.15, -0.1) is 0 Å². The van der Waals surface area contributed by atoms with Crippen LogP contribution in [0.15, 0.2) is 59.3 Å². The highest BCUT2D eigenvalue weighted by atomic mass is 16.3. The molecule has 0 radical (unpaired) electrons. The molecule has 2 heterocycles. The molecule has 0 amide bonds. The lowest BCUT2D eigenvalue weighted by Crippen LogP contribution is -1.74. The zero-order chi connectivity index (χ0) is 11.9. The van der Waals surface area contributed by atoms with Gasteiger partial charge in [-0.2, -0.15) is 0 Å². The van der Waals surface area contributed by atoms with Crippen LogP contribution in [0.25, 0.3) is 33.3 Å². The van der Waals surface area contributed by atoms with Gasteiger partial charge in [0.2, 0.25) is 0 Å². The minimum atomic E-state index is 0.876. The molecule has 2 aromatic carbocycles. The van der Waals surface area contributed by atoms with E-state index in [9.17, 15) is 0 Å². The molecular weight excluding hydrogens is 224 g/mol. The average molecular weight is 234 g/mol. The molecule has 0 atom stereocenters. The lowest BCUT2D eigenvalue weighted by atomic mass is 10.1. The Labute approximate surface area is 103 Å². The maximum atomic E-state index is 5.84. The quantitative estimate of drug-likeness (QED) is 0.541. The van der Waals surface area contributed by atoms with Crippen LogP contribution in [0.1, 0.15) is 0 Å². The summed E-state index contributed by atoms with van der Waals surface area (Å²) in [5.41, 5.74) is 3.95. The van der Waals surface area contributed by atoms with E-state index in [-0.39, 0.29) is 0 Å². The fourth-order valence-corrected chi connectivity index (χ4v) is 2.21. The highest BCUT2D eigenvalue weighted by Crippen LogP contribution is 2.28. The molecule has 0 aliphatic carbocycles. The smallest absolute Gasteiger partial charge is 0.135 e. The Kier molecular flexibility index (Phi) is 1.83. The molecule has 0 spiro atoms. The fraction of sp³-hybridized carbons (Fsp3) is 0. The van der Waals surface area contributed by atoms with Crippen molar-refractivity contribution in [1.29, 1.82) is 0 Å². The van der Waals surface area contributed by atoms with Crippen molar-refractivity contribution >= 4 is 22.0 Å². The molecule has 4 aromatic rings. The van der Waals surface area contributed by atoms with Gasteiger partial charge in [-0.05, 0) is 30.3 Å². The van der Waals surface area contributed by atoms with Gasteiger partial charge in [-0.3, -0.25) is 0 Å². The van der Waals surface area contributed by atoms with Crippen molar-refractivity contribution in [3.63, 3.8) is 0 Å². The van der Waals surface area contributed by atoms with Gasteiger partial charge >= 0.3 is 0 Å². The predicted molar refractivity (Wildman–Crippen MR) is 71.3 cm³/mol. The molecule has 0 aliphatic rings. The molecule has 0 unspecified atom stereocenters. The highest BCUT2D eigenvalue weighted by Gasteiger charge is 2.07. The van der Waals surface area contributed by atoms with Crippen LogP contribution in [0.5, 0.6) is 0 Å². The SMILES string of the molecule is c1ccc2oc(-c3ccc4[nH]cnc4c3)cc2c1. The molecule has 0 bridgehead atoms. The number of aromatic nitrogens is 2. The Bertz CT molecular complexity index is 809. The molecule has 3 nitrogen and oxygen atoms in total. The molecule has 0 saturated carbocycles. The van der Waals surface area contributed by atoms with Gasteiger partial charge < -0.3 is 9.40 Å². The van der Waals surface area contributed by atoms with Crippen molar-refractivity contribution in [1.82, 2.24) is 9.97 Å². The Balaban J connectivity index is 1.94. The van der Waals surface area contributed by atoms with E-state index in [2.05, 4.69) is 22.1 Å². The standard InChI is InChI=1S/C15H10N2O/c1-2-4-14-10(3-1)8-15(18-14)11-5-6-12-13(7-11)17-9-16-12/h1-9H,(H,16,17). The number of hydrogen-bond acceptors (Lipinski definition) is 2. The molecule has 0 fully saturated rings. The summed E-state index contributed by atoms with van der Waals surface area (Å²) in [4.78, 5) is 7.34. The summed E-state index contributed by atoms with van der Waals surface area (Å²) in [6.07, 6.45) is 1.70. The second-order valence-corrected chi connectivity index (χ2v) is 4.28. The molecular formula is C15H10N2O. The van der Waals surface area contributed by atoms with Crippen molar-refractivity contribution in [2.75, 3.05) is 0 Å². The number of fused-ring (bicyclic) bond motifs is 2. The molecule has 0 aliphatic heterocycles. The van der Waals surface area contributed by atoms with Gasteiger partial charge in [0, 0.05) is 10.9 Å². The van der Waals surface area contributed by atoms with E-state index in [0.717, 1.165) is 33.3 Å². The van der Waals surface area contributed by atoms with Crippen molar-refractivity contribution < 1.29 is 4.42 Å². The summed E-state index contributed by atoms with van der Waals surface area (Å²) in [5.74, 6) is 0.876. The number of aromatic amines is 1. The number of rotatable bonds is 1. The number of nitrogens with zero attached hydrogens (tertiary/aromatic N) is 1. The van der Waals surface area contributed by atoms with Crippen LogP contribution < -0.4 is 0 Å². The van der Waals surface area contributed by atoms with Crippen molar-refractivity contribution in [2.24, 2.45) is 0 Å². The van der Waals surface area contributed by atoms with Crippen molar-refractivity contribution in [3.8, 4) is 11.3 Å². The normalized spacial score (nSPS) is 11.3. The number of furan rings is 1. The van der Waals surface area contributed by atoms with Gasteiger partial charge in [0.25, 0.3) is 0 Å². The zero-order valence-electron chi connectivity index (χ0n) is 9.55. The predicted octanol–water partition coefficient (Wildman–Crippen LogP) is 3.98. The first kappa shape index (κ1) is 9.48. The number of para-hydroxylation sites is 1. The first-order valence-corrected chi connectivity index (χ1v) is 5.82. The van der Waals surface area contributed by atoms with E-state index in [1.807, 2.05) is 36.4 Å². The maximum absolute atomic E-state index is 5.84. The number of H-pyrrole nitrogens is 1. The Morgan fingerprint density at radius 2 is 1.94 bits per heavy atom. The van der Waals surface area contributed by atoms with Gasteiger partial charge in [-0.1, -0.05) is 18.2 Å². The lowest BCUT2D eigenvalue weighted by molar-refractivity contribution is 0.631. The van der Waals surface area contributed by atoms with Crippen molar-refractivity contribution in [3.05, 3.63) is 54.9 Å². The molecule has 1 N–H and O–H groups in total. The second-order valence-electron chi connectivity index (χ2n) is 4.28. The molecule has 4 rings (SSSR count). The number of imidazole rings is 1. The summed E-state index contributed by atoms with van der Waals surface area (Å²) in [5, 5.41) is 1.12. The zero-order valence-corrected chi connectivity index (χ0v) is 9.55. The third-order valence-electron chi connectivity index (χ3n) is 3.13. The first-order chi connectivity index (χ1) is 8.90. The van der Waals surface area contributed by atoms with E-state index in [0.29, 0.717) is 0 Å². The van der Waals surface area contributed by atoms with Gasteiger partial charge in [0.05, 0.1) is 17.4 Å². The third kappa shape index (κ3) is 1.34. The monoisotopic (exact) mass is 234 g/mol. The minimum absolute atomic E-state index is 0.876. The van der Waals surface area contributed by atoms with Gasteiger partial charge in [0.15, 0.2) is 0 Å². The van der Waals surface area contributed by atoms with Crippen LogP contribution >= 0.6 is 0 Å². The molecule has 2 aromatic heterocycles. The van der Waals surface area contributed by atoms with E-state index in [1.54, 1.807) is 6.33 Å². The summed E-state index contributed by atoms with van der Waals surface area (Å²) >= 11 is 0. The average Bonchev–Trinajstić information content (AvgIpc) is 3.04. The number of benzene rings is 2. The van der Waals surface area contributed by atoms with Crippen LogP contribution in [-0.2, 0) is 0 Å². The van der Waals surface area contributed by atoms with Crippen LogP contribution in [-0.4, -0.2) is 9.97 Å². The van der Waals surface area contributed by atoms with Crippen molar-refractivity contribution in [2.45, 2.75) is 0 Å². The molecule has 0 saturated heterocycles. The largest absolute Gasteiger partial charge is 0.456 e. The van der Waals surface area contributed by atoms with Gasteiger partial charge in [-0.25, -0.2) is 4.98 Å². The Morgan fingerprint density at radius 1 is 1.00 bits per heavy atom. The van der Waals surface area contributed by atoms with Gasteiger partial charge in [0.1, 0.15) is 11.3 Å². The van der Waals surface area contributed by atoms with Crippen LogP contribution in [0, 0.1) is 0 Å². The maximum Gasteiger partial charge on any atom is 0.135 e. The second kappa shape index (κ2) is 3.47. The lowest BCUT2D eigenvalue weighted by Gasteiger charge is -1.95. The highest BCUT2D eigenvalue weighted by molar-refractivity contribution is 5.85. The summed E-state index contributed by atoms with van der Waals surface area (Å²) in [6, 6.07) is 16.2.